The number of hydrogen-bond acceptors (Lipinski definition) is 5. The van der Waals surface area contributed by atoms with Gasteiger partial charge in [0.25, 0.3) is 0 Å². The van der Waals surface area contributed by atoms with Gasteiger partial charge in [0.15, 0.2) is 11.5 Å². The molecule has 1 unspecified atom stereocenters. The van der Waals surface area contributed by atoms with Gasteiger partial charge >= 0.3 is 0 Å². The van der Waals surface area contributed by atoms with Gasteiger partial charge in [-0.25, -0.2) is 13.1 Å². The maximum absolute atomic E-state index is 12.2. The number of hydrogen-bond donors (Lipinski definition) is 2. The molecule has 2 rings (SSSR count). The third-order valence-electron chi connectivity index (χ3n) is 3.35. The molecule has 7 heteroatoms. The second-order valence-corrected chi connectivity index (χ2v) is 6.43. The molecule has 0 spiro atoms. The first-order chi connectivity index (χ1) is 9.56. The fourth-order valence-corrected chi connectivity index (χ4v) is 3.30. The molecule has 1 heterocycles. The van der Waals surface area contributed by atoms with Crippen molar-refractivity contribution in [1.29, 1.82) is 0 Å². The highest BCUT2D eigenvalue weighted by molar-refractivity contribution is 7.89. The summed E-state index contributed by atoms with van der Waals surface area (Å²) in [5.74, 6) is 0.901. The largest absolute Gasteiger partial charge is 0.493 e. The number of methoxy groups -OCH3 is 2. The van der Waals surface area contributed by atoms with Crippen LogP contribution in [0.5, 0.6) is 11.5 Å². The Hall–Kier alpha value is -1.31. The minimum atomic E-state index is -3.53. The van der Waals surface area contributed by atoms with E-state index in [1.165, 1.54) is 26.4 Å². The minimum Gasteiger partial charge on any atom is -0.493 e. The van der Waals surface area contributed by atoms with Gasteiger partial charge in [0.05, 0.1) is 19.1 Å². The molecule has 1 aromatic carbocycles. The van der Waals surface area contributed by atoms with Crippen LogP contribution in [0.15, 0.2) is 23.1 Å². The molecule has 0 radical (unpaired) electrons. The molecule has 0 saturated carbocycles. The van der Waals surface area contributed by atoms with Gasteiger partial charge in [-0.3, -0.25) is 0 Å². The molecule has 1 aliphatic heterocycles. The van der Waals surface area contributed by atoms with E-state index in [1.54, 1.807) is 6.07 Å². The van der Waals surface area contributed by atoms with E-state index in [-0.39, 0.29) is 10.9 Å². The summed E-state index contributed by atoms with van der Waals surface area (Å²) in [4.78, 5) is 0.174. The van der Waals surface area contributed by atoms with Gasteiger partial charge < -0.3 is 14.8 Å². The van der Waals surface area contributed by atoms with Crippen molar-refractivity contribution in [3.05, 3.63) is 18.2 Å². The SMILES string of the molecule is COc1ccc(S(=O)(=O)NCC2CCCN2)cc1OC. The maximum atomic E-state index is 12.2. The van der Waals surface area contributed by atoms with Gasteiger partial charge in [0.2, 0.25) is 10.0 Å². The summed E-state index contributed by atoms with van der Waals surface area (Å²) in [6, 6.07) is 4.76. The average molecular weight is 300 g/mol. The third-order valence-corrected chi connectivity index (χ3v) is 4.77. The average Bonchev–Trinajstić information content (AvgIpc) is 2.97. The first-order valence-corrected chi connectivity index (χ1v) is 8.00. The molecule has 0 amide bonds. The Morgan fingerprint density at radius 3 is 2.65 bits per heavy atom. The smallest absolute Gasteiger partial charge is 0.240 e. The van der Waals surface area contributed by atoms with Gasteiger partial charge in [-0.05, 0) is 31.5 Å². The molecule has 6 nitrogen and oxygen atoms in total. The monoisotopic (exact) mass is 300 g/mol. The van der Waals surface area contributed by atoms with Gasteiger partial charge in [-0.15, -0.1) is 0 Å². The summed E-state index contributed by atoms with van der Waals surface area (Å²) >= 11 is 0. The molecular formula is C13H20N2O4S. The van der Waals surface area contributed by atoms with Crippen molar-refractivity contribution < 1.29 is 17.9 Å². The lowest BCUT2D eigenvalue weighted by molar-refractivity contribution is 0.354. The Kier molecular flexibility index (Phi) is 4.85. The Balaban J connectivity index is 2.11. The van der Waals surface area contributed by atoms with Crippen LogP contribution in [0.2, 0.25) is 0 Å². The van der Waals surface area contributed by atoms with Crippen LogP contribution in [-0.4, -0.2) is 41.8 Å². The zero-order valence-electron chi connectivity index (χ0n) is 11.7. The molecule has 112 valence electrons. The van der Waals surface area contributed by atoms with Crippen molar-refractivity contribution in [1.82, 2.24) is 10.0 Å². The summed E-state index contributed by atoms with van der Waals surface area (Å²) < 4.78 is 37.3. The second-order valence-electron chi connectivity index (χ2n) is 4.66. The first-order valence-electron chi connectivity index (χ1n) is 6.52. The van der Waals surface area contributed by atoms with Gasteiger partial charge in [0.1, 0.15) is 0 Å². The molecule has 0 aliphatic carbocycles. The maximum Gasteiger partial charge on any atom is 0.240 e. The number of ether oxygens (including phenoxy) is 2. The van der Waals surface area contributed by atoms with Crippen LogP contribution < -0.4 is 19.5 Å². The van der Waals surface area contributed by atoms with E-state index in [9.17, 15) is 8.42 Å². The fraction of sp³-hybridized carbons (Fsp3) is 0.538. The normalized spacial score (nSPS) is 19.0. The Morgan fingerprint density at radius 1 is 1.30 bits per heavy atom. The highest BCUT2D eigenvalue weighted by Crippen LogP contribution is 2.29. The Labute approximate surface area is 119 Å². The lowest BCUT2D eigenvalue weighted by Crippen LogP contribution is -2.37. The van der Waals surface area contributed by atoms with E-state index in [1.807, 2.05) is 0 Å². The predicted octanol–water partition coefficient (Wildman–Crippen LogP) is 0.734. The molecule has 20 heavy (non-hydrogen) atoms. The highest BCUT2D eigenvalue weighted by Gasteiger charge is 2.20. The number of benzene rings is 1. The summed E-state index contributed by atoms with van der Waals surface area (Å²) in [5.41, 5.74) is 0. The van der Waals surface area contributed by atoms with Gasteiger partial charge in [-0.2, -0.15) is 0 Å². The van der Waals surface area contributed by atoms with Crippen LogP contribution >= 0.6 is 0 Å². The second kappa shape index (κ2) is 6.43. The molecule has 0 aromatic heterocycles. The summed E-state index contributed by atoms with van der Waals surface area (Å²) in [6.07, 6.45) is 2.08. The standard InChI is InChI=1S/C13H20N2O4S/c1-18-12-6-5-11(8-13(12)19-2)20(16,17)15-9-10-4-3-7-14-10/h5-6,8,10,14-15H,3-4,7,9H2,1-2H3. The zero-order chi connectivity index (χ0) is 14.6. The highest BCUT2D eigenvalue weighted by atomic mass is 32.2. The lowest BCUT2D eigenvalue weighted by Gasteiger charge is -2.13. The van der Waals surface area contributed by atoms with Crippen molar-refractivity contribution in [3.8, 4) is 11.5 Å². The third kappa shape index (κ3) is 3.41. The van der Waals surface area contributed by atoms with E-state index in [4.69, 9.17) is 9.47 Å². The lowest BCUT2D eigenvalue weighted by atomic mass is 10.2. The van der Waals surface area contributed by atoms with Crippen molar-refractivity contribution in [2.24, 2.45) is 0 Å². The Bertz CT molecular complexity index is 553. The van der Waals surface area contributed by atoms with E-state index in [2.05, 4.69) is 10.0 Å². The van der Waals surface area contributed by atoms with Crippen molar-refractivity contribution in [3.63, 3.8) is 0 Å². The Morgan fingerprint density at radius 2 is 2.05 bits per heavy atom. The molecule has 1 aliphatic rings. The van der Waals surface area contributed by atoms with E-state index in [0.717, 1.165) is 19.4 Å². The summed E-state index contributed by atoms with van der Waals surface area (Å²) in [5, 5.41) is 3.25. The van der Waals surface area contributed by atoms with Crippen LogP contribution in [0.1, 0.15) is 12.8 Å². The molecule has 2 N–H and O–H groups in total. The molecule has 0 bridgehead atoms. The van der Waals surface area contributed by atoms with Gasteiger partial charge in [-0.1, -0.05) is 0 Å². The summed E-state index contributed by atoms with van der Waals surface area (Å²) in [7, 11) is -0.545. The number of sulfonamides is 1. The summed E-state index contributed by atoms with van der Waals surface area (Å²) in [6.45, 7) is 1.35. The van der Waals surface area contributed by atoms with Gasteiger partial charge in [0, 0.05) is 18.7 Å². The van der Waals surface area contributed by atoms with Crippen molar-refractivity contribution in [2.75, 3.05) is 27.3 Å². The van der Waals surface area contributed by atoms with Crippen LogP contribution in [0.25, 0.3) is 0 Å². The van der Waals surface area contributed by atoms with Crippen molar-refractivity contribution in [2.45, 2.75) is 23.8 Å². The van der Waals surface area contributed by atoms with Crippen molar-refractivity contribution >= 4 is 10.0 Å². The predicted molar refractivity (Wildman–Crippen MR) is 75.8 cm³/mol. The van der Waals surface area contributed by atoms with Crippen LogP contribution in [0.4, 0.5) is 0 Å². The van der Waals surface area contributed by atoms with Crippen LogP contribution in [-0.2, 0) is 10.0 Å². The van der Waals surface area contributed by atoms with Crippen LogP contribution in [0.3, 0.4) is 0 Å². The van der Waals surface area contributed by atoms with Crippen LogP contribution in [0, 0.1) is 0 Å². The van der Waals surface area contributed by atoms with E-state index >= 15 is 0 Å². The number of nitrogens with one attached hydrogen (secondary N) is 2. The molecule has 1 atom stereocenters. The van der Waals surface area contributed by atoms with E-state index in [0.29, 0.717) is 18.0 Å². The minimum absolute atomic E-state index is 0.174. The number of rotatable bonds is 6. The quantitative estimate of drug-likeness (QED) is 0.810. The molecule has 1 aromatic rings. The topological polar surface area (TPSA) is 76.7 Å². The molecule has 1 saturated heterocycles. The van der Waals surface area contributed by atoms with E-state index < -0.39 is 10.0 Å². The molecular weight excluding hydrogens is 280 g/mol. The molecule has 1 fully saturated rings. The fourth-order valence-electron chi connectivity index (χ4n) is 2.21. The first kappa shape index (κ1) is 15.1. The zero-order valence-corrected chi connectivity index (χ0v) is 12.5.